The summed E-state index contributed by atoms with van der Waals surface area (Å²) in [6, 6.07) is 1.55. The van der Waals surface area contributed by atoms with Gasteiger partial charge in [0.25, 0.3) is 0 Å². The molecule has 19 heavy (non-hydrogen) atoms. The van der Waals surface area contributed by atoms with Gasteiger partial charge in [-0.3, -0.25) is 4.79 Å². The van der Waals surface area contributed by atoms with Gasteiger partial charge in [0.2, 0.25) is 5.91 Å². The summed E-state index contributed by atoms with van der Waals surface area (Å²) >= 11 is 0. The Morgan fingerprint density at radius 1 is 1.16 bits per heavy atom. The van der Waals surface area contributed by atoms with Crippen LogP contribution < -0.4 is 10.6 Å². The van der Waals surface area contributed by atoms with Gasteiger partial charge in [-0.2, -0.15) is 0 Å². The first-order valence-corrected chi connectivity index (χ1v) is 7.94. The Morgan fingerprint density at radius 3 is 2.42 bits per heavy atom. The van der Waals surface area contributed by atoms with Gasteiger partial charge in [0.1, 0.15) is 0 Å². The van der Waals surface area contributed by atoms with Crippen LogP contribution in [0, 0.1) is 11.8 Å². The van der Waals surface area contributed by atoms with E-state index in [1.807, 2.05) is 0 Å². The monoisotopic (exact) mass is 265 g/mol. The van der Waals surface area contributed by atoms with E-state index >= 15 is 0 Å². The fourth-order valence-electron chi connectivity index (χ4n) is 4.16. The largest absolute Gasteiger partial charge is 0.356 e. The molecule has 108 valence electrons. The van der Waals surface area contributed by atoms with E-state index in [0.717, 1.165) is 44.6 Å². The van der Waals surface area contributed by atoms with E-state index in [9.17, 15) is 4.79 Å². The second-order valence-electron chi connectivity index (χ2n) is 6.66. The van der Waals surface area contributed by atoms with Crippen LogP contribution in [0.4, 0.5) is 0 Å². The van der Waals surface area contributed by atoms with Crippen LogP contribution in [0.1, 0.15) is 38.5 Å². The first-order valence-electron chi connectivity index (χ1n) is 7.94. The van der Waals surface area contributed by atoms with Gasteiger partial charge < -0.3 is 15.5 Å². The number of hydrogen-bond donors (Lipinski definition) is 2. The average molecular weight is 265 g/mol. The lowest BCUT2D eigenvalue weighted by Gasteiger charge is -2.36. The maximum atomic E-state index is 12.1. The molecule has 2 bridgehead atoms. The number of carbonyl (C=O) groups is 1. The molecule has 3 heterocycles. The van der Waals surface area contributed by atoms with Gasteiger partial charge in [-0.25, -0.2) is 0 Å². The second kappa shape index (κ2) is 5.80. The molecule has 0 radical (unpaired) electrons. The summed E-state index contributed by atoms with van der Waals surface area (Å²) in [6.07, 6.45) is 7.29. The van der Waals surface area contributed by atoms with E-state index in [4.69, 9.17) is 0 Å². The smallest absolute Gasteiger partial charge is 0.223 e. The van der Waals surface area contributed by atoms with Crippen LogP contribution in [0.25, 0.3) is 0 Å². The van der Waals surface area contributed by atoms with Gasteiger partial charge in [-0.1, -0.05) is 0 Å². The van der Waals surface area contributed by atoms with Gasteiger partial charge >= 0.3 is 0 Å². The molecule has 0 aliphatic carbocycles. The van der Waals surface area contributed by atoms with Gasteiger partial charge in [0.15, 0.2) is 0 Å². The fraction of sp³-hybridized carbons (Fsp3) is 0.933. The van der Waals surface area contributed by atoms with E-state index < -0.39 is 0 Å². The average Bonchev–Trinajstić information content (AvgIpc) is 2.68. The lowest BCUT2D eigenvalue weighted by molar-refractivity contribution is -0.126. The van der Waals surface area contributed by atoms with Gasteiger partial charge in [0, 0.05) is 24.5 Å². The van der Waals surface area contributed by atoms with Gasteiger partial charge in [-0.15, -0.1) is 0 Å². The summed E-state index contributed by atoms with van der Waals surface area (Å²) in [5.74, 6) is 1.26. The molecular formula is C15H27N3O. The summed E-state index contributed by atoms with van der Waals surface area (Å²) in [6.45, 7) is 2.90. The molecule has 4 heteroatoms. The van der Waals surface area contributed by atoms with E-state index in [2.05, 4.69) is 22.6 Å². The molecule has 3 aliphatic rings. The normalized spacial score (nSPS) is 36.4. The number of hydrogen-bond acceptors (Lipinski definition) is 3. The first-order chi connectivity index (χ1) is 9.24. The SMILES string of the molecule is CN1C2CCC1CC(CNC(=O)C1CCNCC1)C2. The minimum absolute atomic E-state index is 0.254. The molecule has 0 aromatic rings. The molecule has 2 N–H and O–H groups in total. The predicted molar refractivity (Wildman–Crippen MR) is 75.9 cm³/mol. The maximum Gasteiger partial charge on any atom is 0.223 e. The van der Waals surface area contributed by atoms with Crippen molar-refractivity contribution in [2.75, 3.05) is 26.7 Å². The summed E-state index contributed by atoms with van der Waals surface area (Å²) in [7, 11) is 2.27. The number of piperidine rings is 2. The predicted octanol–water partition coefficient (Wildman–Crippen LogP) is 0.975. The number of nitrogens with zero attached hydrogens (tertiary/aromatic N) is 1. The number of rotatable bonds is 3. The number of fused-ring (bicyclic) bond motifs is 2. The van der Waals surface area contributed by atoms with Gasteiger partial charge in [-0.05, 0) is 64.6 Å². The Labute approximate surface area is 116 Å². The molecule has 3 rings (SSSR count). The van der Waals surface area contributed by atoms with Crippen LogP contribution in [0.2, 0.25) is 0 Å². The van der Waals surface area contributed by atoms with Crippen LogP contribution in [-0.2, 0) is 4.79 Å². The van der Waals surface area contributed by atoms with E-state index in [1.165, 1.54) is 25.7 Å². The minimum atomic E-state index is 0.254. The first kappa shape index (κ1) is 13.4. The fourth-order valence-corrected chi connectivity index (χ4v) is 4.16. The van der Waals surface area contributed by atoms with E-state index in [-0.39, 0.29) is 5.92 Å². The quantitative estimate of drug-likeness (QED) is 0.799. The van der Waals surface area contributed by atoms with Crippen molar-refractivity contribution in [3.05, 3.63) is 0 Å². The molecule has 0 spiro atoms. The second-order valence-corrected chi connectivity index (χ2v) is 6.66. The zero-order chi connectivity index (χ0) is 13.2. The molecule has 4 nitrogen and oxygen atoms in total. The molecule has 3 fully saturated rings. The molecular weight excluding hydrogens is 238 g/mol. The topological polar surface area (TPSA) is 44.4 Å². The molecule has 0 saturated carbocycles. The Morgan fingerprint density at radius 2 is 1.79 bits per heavy atom. The van der Waals surface area contributed by atoms with E-state index in [0.29, 0.717) is 11.8 Å². The lowest BCUT2D eigenvalue weighted by Crippen LogP contribution is -2.45. The van der Waals surface area contributed by atoms with Crippen molar-refractivity contribution in [2.24, 2.45) is 11.8 Å². The third-order valence-corrected chi connectivity index (χ3v) is 5.47. The summed E-state index contributed by atoms with van der Waals surface area (Å²) in [4.78, 5) is 14.7. The minimum Gasteiger partial charge on any atom is -0.356 e. The molecule has 1 amide bonds. The highest BCUT2D eigenvalue weighted by atomic mass is 16.1. The number of amides is 1. The molecule has 2 unspecified atom stereocenters. The Bertz CT molecular complexity index is 313. The number of nitrogens with one attached hydrogen (secondary N) is 2. The van der Waals surface area contributed by atoms with Crippen LogP contribution in [0.15, 0.2) is 0 Å². The summed E-state index contributed by atoms with van der Waals surface area (Å²) < 4.78 is 0. The third-order valence-electron chi connectivity index (χ3n) is 5.47. The number of carbonyl (C=O) groups excluding carboxylic acids is 1. The third kappa shape index (κ3) is 2.95. The highest BCUT2D eigenvalue weighted by Gasteiger charge is 2.38. The van der Waals surface area contributed by atoms with E-state index in [1.54, 1.807) is 0 Å². The van der Waals surface area contributed by atoms with Crippen molar-refractivity contribution in [1.29, 1.82) is 0 Å². The lowest BCUT2D eigenvalue weighted by atomic mass is 9.90. The Balaban J connectivity index is 1.44. The molecule has 0 aromatic heterocycles. The zero-order valence-electron chi connectivity index (χ0n) is 12.0. The maximum absolute atomic E-state index is 12.1. The van der Waals surface area contributed by atoms with Crippen LogP contribution in [0.5, 0.6) is 0 Å². The Hall–Kier alpha value is -0.610. The van der Waals surface area contributed by atoms with Crippen molar-refractivity contribution >= 4 is 5.91 Å². The molecule has 3 aliphatic heterocycles. The highest BCUT2D eigenvalue weighted by molar-refractivity contribution is 5.78. The van der Waals surface area contributed by atoms with Crippen molar-refractivity contribution in [3.8, 4) is 0 Å². The standard InChI is InChI=1S/C15H27N3O/c1-18-13-2-3-14(18)9-11(8-13)10-17-15(19)12-4-6-16-7-5-12/h11-14,16H,2-10H2,1H3,(H,17,19). The van der Waals surface area contributed by atoms with Crippen LogP contribution in [0.3, 0.4) is 0 Å². The molecule has 3 saturated heterocycles. The summed E-state index contributed by atoms with van der Waals surface area (Å²) in [5, 5.41) is 6.53. The van der Waals surface area contributed by atoms with Crippen LogP contribution >= 0.6 is 0 Å². The molecule has 0 aromatic carbocycles. The van der Waals surface area contributed by atoms with Crippen molar-refractivity contribution in [2.45, 2.75) is 50.6 Å². The van der Waals surface area contributed by atoms with Crippen LogP contribution in [-0.4, -0.2) is 49.6 Å². The van der Waals surface area contributed by atoms with Gasteiger partial charge in [0.05, 0.1) is 0 Å². The summed E-state index contributed by atoms with van der Waals surface area (Å²) in [5.41, 5.74) is 0. The Kier molecular flexibility index (Phi) is 4.08. The highest BCUT2D eigenvalue weighted by Crippen LogP contribution is 2.37. The van der Waals surface area contributed by atoms with Crippen molar-refractivity contribution < 1.29 is 4.79 Å². The van der Waals surface area contributed by atoms with Crippen molar-refractivity contribution in [3.63, 3.8) is 0 Å². The molecule has 2 atom stereocenters. The van der Waals surface area contributed by atoms with Crippen molar-refractivity contribution in [1.82, 2.24) is 15.5 Å². The zero-order valence-corrected chi connectivity index (χ0v) is 12.0.